The molecule has 0 aliphatic heterocycles. The van der Waals surface area contributed by atoms with Crippen molar-refractivity contribution in [1.82, 2.24) is 4.98 Å². The van der Waals surface area contributed by atoms with E-state index in [1.165, 1.54) is 12.3 Å². The molecular weight excluding hydrogens is 320 g/mol. The van der Waals surface area contributed by atoms with Crippen LogP contribution in [0, 0.1) is 0 Å². The largest absolute Gasteiger partial charge is 0.416 e. The summed E-state index contributed by atoms with van der Waals surface area (Å²) in [4.78, 5) is 4.06. The highest BCUT2D eigenvalue weighted by molar-refractivity contribution is 5.87. The van der Waals surface area contributed by atoms with E-state index in [4.69, 9.17) is 0 Å². The van der Waals surface area contributed by atoms with Gasteiger partial charge in [-0.2, -0.15) is 26.3 Å². The Balaban J connectivity index is 2.10. The fraction of sp³-hybridized carbons (Fsp3) is 0.188. The van der Waals surface area contributed by atoms with Crippen LogP contribution in [0.1, 0.15) is 27.9 Å². The molecule has 0 saturated heterocycles. The number of benzene rings is 1. The smallest absolute Gasteiger partial charge is 0.257 e. The molecule has 0 fully saturated rings. The molecule has 23 heavy (non-hydrogen) atoms. The molecule has 1 aromatic carbocycles. The molecule has 1 aliphatic carbocycles. The summed E-state index contributed by atoms with van der Waals surface area (Å²) >= 11 is 0. The van der Waals surface area contributed by atoms with Gasteiger partial charge in [-0.15, -0.1) is 0 Å². The lowest BCUT2D eigenvalue weighted by molar-refractivity contribution is -0.143. The maximum Gasteiger partial charge on any atom is 0.416 e. The summed E-state index contributed by atoms with van der Waals surface area (Å²) in [6, 6.07) is 5.03. The summed E-state index contributed by atoms with van der Waals surface area (Å²) in [5.41, 5.74) is -0.998. The van der Waals surface area contributed by atoms with Crippen molar-refractivity contribution in [2.24, 2.45) is 0 Å². The molecule has 0 unspecified atom stereocenters. The number of fused-ring (bicyclic) bond motifs is 1. The van der Waals surface area contributed by atoms with Crippen molar-refractivity contribution >= 4 is 11.6 Å². The highest BCUT2D eigenvalue weighted by atomic mass is 19.4. The molecular formula is C16H9F6N. The molecule has 0 bridgehead atoms. The molecule has 0 amide bonds. The van der Waals surface area contributed by atoms with Crippen molar-refractivity contribution in [3.05, 3.63) is 64.5 Å². The number of rotatable bonds is 1. The average molecular weight is 329 g/mol. The second-order valence-electron chi connectivity index (χ2n) is 5.19. The number of aromatic nitrogens is 1. The summed E-state index contributed by atoms with van der Waals surface area (Å²) < 4.78 is 77.3. The van der Waals surface area contributed by atoms with Gasteiger partial charge in [0.2, 0.25) is 0 Å². The Morgan fingerprint density at radius 3 is 2.00 bits per heavy atom. The maximum absolute atomic E-state index is 12.9. The first-order valence-electron chi connectivity index (χ1n) is 6.59. The van der Waals surface area contributed by atoms with Crippen LogP contribution in [0.4, 0.5) is 26.3 Å². The van der Waals surface area contributed by atoms with Crippen molar-refractivity contribution in [3.63, 3.8) is 0 Å². The van der Waals surface area contributed by atoms with E-state index in [0.717, 1.165) is 17.7 Å². The lowest BCUT2D eigenvalue weighted by atomic mass is 9.98. The van der Waals surface area contributed by atoms with E-state index in [-0.39, 0.29) is 18.1 Å². The van der Waals surface area contributed by atoms with E-state index in [0.29, 0.717) is 11.3 Å². The molecule has 0 saturated carbocycles. The van der Waals surface area contributed by atoms with Gasteiger partial charge in [0.05, 0.1) is 16.8 Å². The van der Waals surface area contributed by atoms with Crippen molar-refractivity contribution in [3.8, 4) is 0 Å². The van der Waals surface area contributed by atoms with E-state index >= 15 is 0 Å². The number of alkyl halides is 6. The Morgan fingerprint density at radius 1 is 0.870 bits per heavy atom. The second kappa shape index (κ2) is 5.11. The minimum atomic E-state index is -4.85. The van der Waals surface area contributed by atoms with Crippen LogP contribution in [-0.4, -0.2) is 4.98 Å². The van der Waals surface area contributed by atoms with E-state index in [1.807, 2.05) is 0 Å². The normalized spacial score (nSPS) is 14.6. The molecule has 1 nitrogen and oxygen atoms in total. The van der Waals surface area contributed by atoms with E-state index in [9.17, 15) is 26.3 Å². The van der Waals surface area contributed by atoms with Gasteiger partial charge in [-0.3, -0.25) is 4.98 Å². The Hall–Kier alpha value is -2.31. The molecule has 1 aromatic heterocycles. The molecule has 1 aliphatic rings. The Morgan fingerprint density at radius 2 is 1.48 bits per heavy atom. The van der Waals surface area contributed by atoms with Crippen LogP contribution in [0.3, 0.4) is 0 Å². The zero-order valence-corrected chi connectivity index (χ0v) is 11.5. The van der Waals surface area contributed by atoms with Crippen LogP contribution >= 0.6 is 0 Å². The van der Waals surface area contributed by atoms with Crippen LogP contribution < -0.4 is 0 Å². The van der Waals surface area contributed by atoms with Gasteiger partial charge in [0.1, 0.15) is 0 Å². The molecule has 7 heteroatoms. The van der Waals surface area contributed by atoms with Crippen molar-refractivity contribution in [2.75, 3.05) is 0 Å². The summed E-state index contributed by atoms with van der Waals surface area (Å²) in [6.07, 6.45) is -6.40. The molecule has 120 valence electrons. The van der Waals surface area contributed by atoms with Crippen LogP contribution in [0.5, 0.6) is 0 Å². The zero-order chi connectivity index (χ0) is 16.8. The van der Waals surface area contributed by atoms with Gasteiger partial charge < -0.3 is 0 Å². The van der Waals surface area contributed by atoms with Gasteiger partial charge in [0.15, 0.2) is 0 Å². The first kappa shape index (κ1) is 15.6. The van der Waals surface area contributed by atoms with E-state index in [2.05, 4.69) is 4.98 Å². The van der Waals surface area contributed by atoms with Crippen molar-refractivity contribution in [2.45, 2.75) is 18.8 Å². The number of pyridine rings is 1. The first-order valence-corrected chi connectivity index (χ1v) is 6.59. The third-order valence-electron chi connectivity index (χ3n) is 3.58. The minimum Gasteiger partial charge on any atom is -0.257 e. The fourth-order valence-electron chi connectivity index (χ4n) is 2.48. The van der Waals surface area contributed by atoms with Gasteiger partial charge >= 0.3 is 12.4 Å². The third-order valence-corrected chi connectivity index (χ3v) is 3.58. The van der Waals surface area contributed by atoms with Gasteiger partial charge in [-0.05, 0) is 47.0 Å². The molecule has 2 aromatic rings. The Labute approximate surface area is 127 Å². The SMILES string of the molecule is FC(F)(F)c1cc(C2=Cc3ncccc3C2)cc(C(F)(F)F)c1. The van der Waals surface area contributed by atoms with Crippen molar-refractivity contribution < 1.29 is 26.3 Å². The summed E-state index contributed by atoms with van der Waals surface area (Å²) in [5.74, 6) is 0. The topological polar surface area (TPSA) is 12.9 Å². The molecule has 0 N–H and O–H groups in total. The number of hydrogen-bond acceptors (Lipinski definition) is 1. The number of allylic oxidation sites excluding steroid dienone is 1. The Bertz CT molecular complexity index is 754. The molecule has 0 spiro atoms. The standard InChI is InChI=1S/C16H9F6N/c17-15(18,19)12-5-11(6-13(8-12)16(20,21)22)10-4-9-2-1-3-23-14(9)7-10/h1-3,5-8H,4H2. The number of nitrogens with zero attached hydrogens (tertiary/aromatic N) is 1. The molecule has 0 radical (unpaired) electrons. The lowest BCUT2D eigenvalue weighted by Crippen LogP contribution is -2.11. The lowest BCUT2D eigenvalue weighted by Gasteiger charge is -2.14. The van der Waals surface area contributed by atoms with E-state index in [1.54, 1.807) is 12.1 Å². The maximum atomic E-state index is 12.9. The van der Waals surface area contributed by atoms with Crippen molar-refractivity contribution in [1.29, 1.82) is 0 Å². The zero-order valence-electron chi connectivity index (χ0n) is 11.5. The van der Waals surface area contributed by atoms with Crippen LogP contribution in [0.15, 0.2) is 36.5 Å². The van der Waals surface area contributed by atoms with Gasteiger partial charge in [0, 0.05) is 12.6 Å². The summed E-state index contributed by atoms with van der Waals surface area (Å²) in [5, 5.41) is 0. The van der Waals surface area contributed by atoms with Gasteiger partial charge in [-0.1, -0.05) is 6.07 Å². The van der Waals surface area contributed by atoms with Gasteiger partial charge in [-0.25, -0.2) is 0 Å². The highest BCUT2D eigenvalue weighted by Gasteiger charge is 2.37. The monoisotopic (exact) mass is 329 g/mol. The summed E-state index contributed by atoms with van der Waals surface area (Å²) in [6.45, 7) is 0. The molecule has 1 heterocycles. The predicted octanol–water partition coefficient (Wildman–Crippen LogP) is 5.22. The second-order valence-corrected chi connectivity index (χ2v) is 5.19. The third kappa shape index (κ3) is 3.09. The number of halogens is 6. The first-order chi connectivity index (χ1) is 10.6. The molecule has 0 atom stereocenters. The minimum absolute atomic E-state index is 0.0925. The van der Waals surface area contributed by atoms with Crippen LogP contribution in [-0.2, 0) is 18.8 Å². The van der Waals surface area contributed by atoms with Crippen LogP contribution in [0.25, 0.3) is 11.6 Å². The summed E-state index contributed by atoms with van der Waals surface area (Å²) in [7, 11) is 0. The predicted molar refractivity (Wildman–Crippen MR) is 72.3 cm³/mol. The van der Waals surface area contributed by atoms with E-state index < -0.39 is 23.5 Å². The molecule has 3 rings (SSSR count). The Kier molecular flexibility index (Phi) is 3.46. The average Bonchev–Trinajstić information content (AvgIpc) is 2.89. The number of hydrogen-bond donors (Lipinski definition) is 0. The van der Waals surface area contributed by atoms with Gasteiger partial charge in [0.25, 0.3) is 0 Å². The quantitative estimate of drug-likeness (QED) is 0.654. The fourth-order valence-corrected chi connectivity index (χ4v) is 2.48. The van der Waals surface area contributed by atoms with Crippen LogP contribution in [0.2, 0.25) is 0 Å². The highest BCUT2D eigenvalue weighted by Crippen LogP contribution is 2.39.